The molecule has 0 saturated heterocycles. The molecule has 20 heavy (non-hydrogen) atoms. The molecule has 0 aromatic heterocycles. The fraction of sp³-hybridized carbons (Fsp3) is 0.111. The van der Waals surface area contributed by atoms with E-state index < -0.39 is 0 Å². The van der Waals surface area contributed by atoms with Crippen molar-refractivity contribution < 1.29 is 4.39 Å². The van der Waals surface area contributed by atoms with Crippen LogP contribution in [0, 0.1) is 5.82 Å². The van der Waals surface area contributed by atoms with Crippen LogP contribution in [0.5, 0.6) is 0 Å². The second kappa shape index (κ2) is 5.78. The van der Waals surface area contributed by atoms with Gasteiger partial charge in [-0.15, -0.1) is 0 Å². The molecular formula is C18H17FSe. The molecule has 0 nitrogen and oxygen atoms in total. The molecule has 0 aliphatic carbocycles. The molecule has 0 amide bonds. The number of benzene rings is 2. The quantitative estimate of drug-likeness (QED) is 0.743. The van der Waals surface area contributed by atoms with Gasteiger partial charge in [-0.2, -0.15) is 0 Å². The predicted octanol–water partition coefficient (Wildman–Crippen LogP) is 4.09. The van der Waals surface area contributed by atoms with Crippen LogP contribution in [0.25, 0.3) is 15.6 Å². The summed E-state index contributed by atoms with van der Waals surface area (Å²) < 4.78 is 15.5. The Morgan fingerprint density at radius 3 is 2.35 bits per heavy atom. The third-order valence-corrected chi connectivity index (χ3v) is 5.87. The molecule has 3 rings (SSSR count). The third kappa shape index (κ3) is 2.63. The van der Waals surface area contributed by atoms with Gasteiger partial charge >= 0.3 is 125 Å². The number of hydrogen-bond acceptors (Lipinski definition) is 0. The van der Waals surface area contributed by atoms with Crippen molar-refractivity contribution in [3.63, 3.8) is 0 Å². The molecule has 0 radical (unpaired) electrons. The number of aryl methyl sites for hydroxylation is 1. The van der Waals surface area contributed by atoms with E-state index >= 15 is 0 Å². The molecule has 102 valence electrons. The first-order valence-corrected chi connectivity index (χ1v) is 9.06. The van der Waals surface area contributed by atoms with Crippen LogP contribution in [0.2, 0.25) is 0 Å². The van der Waals surface area contributed by atoms with Gasteiger partial charge in [0, 0.05) is 0 Å². The molecule has 1 heterocycles. The first-order chi connectivity index (χ1) is 9.78. The molecule has 1 aliphatic heterocycles. The van der Waals surface area contributed by atoms with Gasteiger partial charge in [-0.3, -0.25) is 0 Å². The molecular weight excluding hydrogens is 314 g/mol. The number of allylic oxidation sites excluding steroid dienone is 2. The Hall–Kier alpha value is -1.63. The molecule has 1 aliphatic rings. The van der Waals surface area contributed by atoms with E-state index in [4.69, 9.17) is 0 Å². The molecule has 0 N–H and O–H groups in total. The second-order valence-electron chi connectivity index (χ2n) is 4.83. The van der Waals surface area contributed by atoms with Crippen LogP contribution < -0.4 is 0 Å². The molecule has 0 spiro atoms. The Morgan fingerprint density at radius 1 is 1.00 bits per heavy atom. The average molecular weight is 331 g/mol. The van der Waals surface area contributed by atoms with Gasteiger partial charge in [0.2, 0.25) is 0 Å². The van der Waals surface area contributed by atoms with Crippen LogP contribution >= 0.6 is 0 Å². The summed E-state index contributed by atoms with van der Waals surface area (Å²) in [5.41, 5.74) is 4.09. The first-order valence-electron chi connectivity index (χ1n) is 6.80. The van der Waals surface area contributed by atoms with Crippen molar-refractivity contribution in [3.05, 3.63) is 76.5 Å². The Balaban J connectivity index is 1.93. The summed E-state index contributed by atoms with van der Waals surface area (Å²) in [5.74, 6) is -0.110. The van der Waals surface area contributed by atoms with E-state index in [1.54, 1.807) is 6.07 Å². The molecule has 0 bridgehead atoms. The maximum atomic E-state index is 14.3. The molecule has 0 fully saturated rings. The van der Waals surface area contributed by atoms with E-state index in [1.807, 2.05) is 24.3 Å². The Bertz CT molecular complexity index is 681. The van der Waals surface area contributed by atoms with Crippen LogP contribution in [-0.4, -0.2) is 15.0 Å². The normalized spacial score (nSPS) is 15.6. The van der Waals surface area contributed by atoms with Crippen molar-refractivity contribution >= 4 is 19.4 Å². The first kappa shape index (κ1) is 13.4. The summed E-state index contributed by atoms with van der Waals surface area (Å²) in [6, 6.07) is 13.9. The van der Waals surface area contributed by atoms with E-state index in [0.717, 1.165) is 23.1 Å². The van der Waals surface area contributed by atoms with Crippen molar-refractivity contribution in [2.24, 2.45) is 0 Å². The fourth-order valence-corrected chi connectivity index (χ4v) is 4.28. The standard InChI is InChI=1S/C18H17FSe/c1-2-13-5-7-14(8-6-13)15-9-10-16(17(19)12-15)18-4-3-11-20-18/h3-12H,2,20H2,1H3. The summed E-state index contributed by atoms with van der Waals surface area (Å²) >= 11 is -0.283. The van der Waals surface area contributed by atoms with Crippen LogP contribution in [0.3, 0.4) is 0 Å². The summed E-state index contributed by atoms with van der Waals surface area (Å²) in [4.78, 5) is 2.17. The van der Waals surface area contributed by atoms with Gasteiger partial charge in [0.05, 0.1) is 0 Å². The Morgan fingerprint density at radius 2 is 1.75 bits per heavy atom. The van der Waals surface area contributed by atoms with E-state index in [2.05, 4.69) is 36.2 Å². The van der Waals surface area contributed by atoms with Gasteiger partial charge in [0.15, 0.2) is 0 Å². The van der Waals surface area contributed by atoms with Crippen molar-refractivity contribution in [1.29, 1.82) is 0 Å². The van der Waals surface area contributed by atoms with E-state index in [-0.39, 0.29) is 20.8 Å². The zero-order chi connectivity index (χ0) is 13.9. The van der Waals surface area contributed by atoms with Gasteiger partial charge < -0.3 is 0 Å². The summed E-state index contributed by atoms with van der Waals surface area (Å²) in [6.07, 6.45) is 5.10. The summed E-state index contributed by atoms with van der Waals surface area (Å²) in [5, 5.41) is 0. The van der Waals surface area contributed by atoms with Crippen LogP contribution in [0.1, 0.15) is 18.1 Å². The van der Waals surface area contributed by atoms with Crippen molar-refractivity contribution in [2.45, 2.75) is 13.3 Å². The molecule has 2 heteroatoms. The molecule has 2 aromatic carbocycles. The number of rotatable bonds is 3. The minimum absolute atomic E-state index is 0.110. The monoisotopic (exact) mass is 332 g/mol. The molecule has 2 aromatic rings. The summed E-state index contributed by atoms with van der Waals surface area (Å²) in [7, 11) is 0. The van der Waals surface area contributed by atoms with Gasteiger partial charge in [-0.25, -0.2) is 0 Å². The van der Waals surface area contributed by atoms with E-state index in [1.165, 1.54) is 10.0 Å². The van der Waals surface area contributed by atoms with Crippen molar-refractivity contribution in [3.8, 4) is 11.1 Å². The second-order valence-corrected chi connectivity index (χ2v) is 7.26. The van der Waals surface area contributed by atoms with Crippen molar-refractivity contribution in [1.82, 2.24) is 0 Å². The van der Waals surface area contributed by atoms with Crippen molar-refractivity contribution in [2.75, 3.05) is 0 Å². The van der Waals surface area contributed by atoms with Gasteiger partial charge in [-0.1, -0.05) is 0 Å². The van der Waals surface area contributed by atoms with Crippen LogP contribution in [0.15, 0.2) is 59.6 Å². The van der Waals surface area contributed by atoms with E-state index in [9.17, 15) is 4.39 Å². The fourth-order valence-electron chi connectivity index (χ4n) is 2.34. The summed E-state index contributed by atoms with van der Waals surface area (Å²) in [6.45, 7) is 2.14. The van der Waals surface area contributed by atoms with Crippen LogP contribution in [-0.2, 0) is 6.42 Å². The van der Waals surface area contributed by atoms with Gasteiger partial charge in [0.25, 0.3) is 0 Å². The number of hydrogen-bond donors (Lipinski definition) is 0. The zero-order valence-electron chi connectivity index (χ0n) is 11.4. The van der Waals surface area contributed by atoms with Gasteiger partial charge in [0.1, 0.15) is 0 Å². The topological polar surface area (TPSA) is 0 Å². The maximum absolute atomic E-state index is 14.3. The van der Waals surface area contributed by atoms with Gasteiger partial charge in [-0.05, 0) is 0 Å². The molecule has 0 saturated carbocycles. The van der Waals surface area contributed by atoms with Crippen LogP contribution in [0.4, 0.5) is 4.39 Å². The molecule has 0 unspecified atom stereocenters. The molecule has 0 atom stereocenters. The zero-order valence-corrected chi connectivity index (χ0v) is 13.5. The SMILES string of the molecule is CCc1ccc(-c2ccc(C3=CC=C[SeH2]3)c(F)c2)cc1. The Labute approximate surface area is 125 Å². The van der Waals surface area contributed by atoms with E-state index in [0.29, 0.717) is 0 Å². The number of halogens is 1. The Kier molecular flexibility index (Phi) is 3.86. The average Bonchev–Trinajstić information content (AvgIpc) is 3.01. The predicted molar refractivity (Wildman–Crippen MR) is 86.9 cm³/mol. The third-order valence-electron chi connectivity index (χ3n) is 3.55. The minimum atomic E-state index is -0.283.